The Hall–Kier alpha value is -2.15. The van der Waals surface area contributed by atoms with Crippen molar-refractivity contribution < 1.29 is 14.6 Å². The number of rotatable bonds is 2. The van der Waals surface area contributed by atoms with Gasteiger partial charge in [-0.15, -0.1) is 0 Å². The van der Waals surface area contributed by atoms with E-state index >= 15 is 0 Å². The topological polar surface area (TPSA) is 103 Å². The van der Waals surface area contributed by atoms with Gasteiger partial charge in [0.05, 0.1) is 6.20 Å². The van der Waals surface area contributed by atoms with Gasteiger partial charge in [0.15, 0.2) is 5.65 Å². The SMILES string of the molecule is Nc1cc(C2CCOCC2)nc2c(C(=O)O)cnn12. The maximum absolute atomic E-state index is 11.1. The second-order valence-corrected chi connectivity index (χ2v) is 4.59. The van der Waals surface area contributed by atoms with Crippen molar-refractivity contribution in [3.8, 4) is 0 Å². The van der Waals surface area contributed by atoms with E-state index in [2.05, 4.69) is 10.1 Å². The fourth-order valence-electron chi connectivity index (χ4n) is 2.36. The molecule has 2 aromatic heterocycles. The highest BCUT2D eigenvalue weighted by atomic mass is 16.5. The van der Waals surface area contributed by atoms with Gasteiger partial charge in [0.25, 0.3) is 0 Å². The van der Waals surface area contributed by atoms with E-state index in [1.165, 1.54) is 10.7 Å². The van der Waals surface area contributed by atoms with Crippen molar-refractivity contribution in [3.05, 3.63) is 23.5 Å². The number of aromatic carboxylic acids is 1. The molecule has 0 radical (unpaired) electrons. The minimum absolute atomic E-state index is 0.0700. The minimum atomic E-state index is -1.05. The Morgan fingerprint density at radius 2 is 2.21 bits per heavy atom. The van der Waals surface area contributed by atoms with Gasteiger partial charge in [-0.2, -0.15) is 9.61 Å². The van der Waals surface area contributed by atoms with Crippen LogP contribution >= 0.6 is 0 Å². The van der Waals surface area contributed by atoms with E-state index in [0.717, 1.165) is 18.5 Å². The summed E-state index contributed by atoms with van der Waals surface area (Å²) in [4.78, 5) is 15.5. The molecular weight excluding hydrogens is 248 g/mol. The highest BCUT2D eigenvalue weighted by Crippen LogP contribution is 2.27. The summed E-state index contributed by atoms with van der Waals surface area (Å²) in [7, 11) is 0. The molecule has 0 saturated carbocycles. The highest BCUT2D eigenvalue weighted by Gasteiger charge is 2.21. The van der Waals surface area contributed by atoms with E-state index in [4.69, 9.17) is 15.6 Å². The molecule has 100 valence electrons. The molecule has 3 rings (SSSR count). The molecule has 1 aliphatic heterocycles. The summed E-state index contributed by atoms with van der Waals surface area (Å²) in [5, 5.41) is 13.1. The molecule has 7 heteroatoms. The fourth-order valence-corrected chi connectivity index (χ4v) is 2.36. The summed E-state index contributed by atoms with van der Waals surface area (Å²) in [5.41, 5.74) is 7.10. The largest absolute Gasteiger partial charge is 0.477 e. The van der Waals surface area contributed by atoms with Crippen molar-refractivity contribution in [2.45, 2.75) is 18.8 Å². The Morgan fingerprint density at radius 3 is 2.89 bits per heavy atom. The van der Waals surface area contributed by atoms with Crippen molar-refractivity contribution in [1.29, 1.82) is 0 Å². The second-order valence-electron chi connectivity index (χ2n) is 4.59. The number of nitrogens with zero attached hydrogens (tertiary/aromatic N) is 3. The number of carboxylic acids is 1. The van der Waals surface area contributed by atoms with Gasteiger partial charge in [-0.25, -0.2) is 9.78 Å². The summed E-state index contributed by atoms with van der Waals surface area (Å²) in [6, 6.07) is 1.77. The Kier molecular flexibility index (Phi) is 2.83. The number of ether oxygens (including phenoxy) is 1. The van der Waals surface area contributed by atoms with E-state index in [0.29, 0.717) is 24.7 Å². The lowest BCUT2D eigenvalue weighted by molar-refractivity contribution is 0.0698. The van der Waals surface area contributed by atoms with Crippen LogP contribution in [0.3, 0.4) is 0 Å². The molecule has 0 unspecified atom stereocenters. The maximum atomic E-state index is 11.1. The Balaban J connectivity index is 2.10. The van der Waals surface area contributed by atoms with Crippen LogP contribution in [-0.2, 0) is 4.74 Å². The average Bonchev–Trinajstić information content (AvgIpc) is 2.84. The van der Waals surface area contributed by atoms with E-state index < -0.39 is 5.97 Å². The van der Waals surface area contributed by atoms with Crippen LogP contribution < -0.4 is 5.73 Å². The van der Waals surface area contributed by atoms with Crippen LogP contribution in [0.25, 0.3) is 5.65 Å². The molecule has 1 fully saturated rings. The average molecular weight is 262 g/mol. The summed E-state index contributed by atoms with van der Waals surface area (Å²) >= 11 is 0. The number of fused-ring (bicyclic) bond motifs is 1. The molecule has 0 bridgehead atoms. The number of anilines is 1. The van der Waals surface area contributed by atoms with Gasteiger partial charge in [-0.3, -0.25) is 0 Å². The molecule has 0 amide bonds. The number of aromatic nitrogens is 3. The molecule has 2 aromatic rings. The Labute approximate surface area is 109 Å². The van der Waals surface area contributed by atoms with Crippen LogP contribution in [0.5, 0.6) is 0 Å². The molecule has 3 heterocycles. The van der Waals surface area contributed by atoms with Crippen LogP contribution in [0.1, 0.15) is 34.8 Å². The van der Waals surface area contributed by atoms with Gasteiger partial charge in [0.1, 0.15) is 11.4 Å². The summed E-state index contributed by atoms with van der Waals surface area (Å²) in [6.45, 7) is 1.39. The zero-order chi connectivity index (χ0) is 13.4. The Morgan fingerprint density at radius 1 is 1.47 bits per heavy atom. The van der Waals surface area contributed by atoms with Gasteiger partial charge in [-0.05, 0) is 12.8 Å². The minimum Gasteiger partial charge on any atom is -0.477 e. The van der Waals surface area contributed by atoms with Crippen molar-refractivity contribution in [1.82, 2.24) is 14.6 Å². The second kappa shape index (κ2) is 4.51. The monoisotopic (exact) mass is 262 g/mol. The third-order valence-corrected chi connectivity index (χ3v) is 3.39. The molecule has 0 aliphatic carbocycles. The number of hydrogen-bond donors (Lipinski definition) is 2. The molecule has 7 nitrogen and oxygen atoms in total. The number of carbonyl (C=O) groups is 1. The molecule has 1 saturated heterocycles. The van der Waals surface area contributed by atoms with Gasteiger partial charge >= 0.3 is 5.97 Å². The van der Waals surface area contributed by atoms with Crippen LogP contribution in [0.4, 0.5) is 5.82 Å². The van der Waals surface area contributed by atoms with Gasteiger partial charge in [0.2, 0.25) is 0 Å². The molecule has 0 atom stereocenters. The van der Waals surface area contributed by atoms with E-state index in [-0.39, 0.29) is 11.5 Å². The zero-order valence-corrected chi connectivity index (χ0v) is 10.2. The summed E-state index contributed by atoms with van der Waals surface area (Å²) < 4.78 is 6.67. The predicted molar refractivity (Wildman–Crippen MR) is 67.2 cm³/mol. The first-order valence-corrected chi connectivity index (χ1v) is 6.12. The fraction of sp³-hybridized carbons (Fsp3) is 0.417. The third-order valence-electron chi connectivity index (χ3n) is 3.39. The normalized spacial score (nSPS) is 16.8. The molecule has 0 spiro atoms. The number of nitrogens with two attached hydrogens (primary N) is 1. The molecule has 0 aromatic carbocycles. The lowest BCUT2D eigenvalue weighted by Crippen LogP contribution is -2.16. The van der Waals surface area contributed by atoms with Crippen molar-refractivity contribution in [2.24, 2.45) is 0 Å². The Bertz CT molecular complexity index is 631. The molecular formula is C12H14N4O3. The molecule has 3 N–H and O–H groups in total. The van der Waals surface area contributed by atoms with Crippen LogP contribution in [0.2, 0.25) is 0 Å². The first-order chi connectivity index (χ1) is 9.16. The van der Waals surface area contributed by atoms with E-state index in [1.807, 2.05) is 0 Å². The summed E-state index contributed by atoms with van der Waals surface area (Å²) in [6.07, 6.45) is 3.02. The smallest absolute Gasteiger partial charge is 0.341 e. The van der Waals surface area contributed by atoms with Gasteiger partial charge in [-0.1, -0.05) is 0 Å². The first-order valence-electron chi connectivity index (χ1n) is 6.12. The lowest BCUT2D eigenvalue weighted by Gasteiger charge is -2.21. The quantitative estimate of drug-likeness (QED) is 0.833. The van der Waals surface area contributed by atoms with Gasteiger partial charge in [0, 0.05) is 30.9 Å². The third kappa shape index (κ3) is 2.01. The predicted octanol–water partition coefficient (Wildman–Crippen LogP) is 0.904. The number of hydrogen-bond acceptors (Lipinski definition) is 5. The van der Waals surface area contributed by atoms with Crippen molar-refractivity contribution in [2.75, 3.05) is 18.9 Å². The van der Waals surface area contributed by atoms with Gasteiger partial charge < -0.3 is 15.6 Å². The molecule has 19 heavy (non-hydrogen) atoms. The number of carboxylic acid groups (broad SMARTS) is 1. The number of nitrogen functional groups attached to an aromatic ring is 1. The van der Waals surface area contributed by atoms with Crippen LogP contribution in [-0.4, -0.2) is 38.9 Å². The van der Waals surface area contributed by atoms with Crippen molar-refractivity contribution >= 4 is 17.4 Å². The lowest BCUT2D eigenvalue weighted by atomic mass is 9.96. The summed E-state index contributed by atoms with van der Waals surface area (Å²) in [5.74, 6) is -0.386. The highest BCUT2D eigenvalue weighted by molar-refractivity contribution is 5.94. The zero-order valence-electron chi connectivity index (χ0n) is 10.2. The maximum Gasteiger partial charge on any atom is 0.341 e. The molecule has 1 aliphatic rings. The van der Waals surface area contributed by atoms with E-state index in [1.54, 1.807) is 6.07 Å². The first kappa shape index (κ1) is 11.9. The van der Waals surface area contributed by atoms with Crippen LogP contribution in [0, 0.1) is 0 Å². The van der Waals surface area contributed by atoms with Crippen LogP contribution in [0.15, 0.2) is 12.3 Å². The van der Waals surface area contributed by atoms with Crippen molar-refractivity contribution in [3.63, 3.8) is 0 Å². The standard InChI is InChI=1S/C12H14N4O3/c13-10-5-9(7-1-3-19-4-2-7)15-11-8(12(17)18)6-14-16(10)11/h5-7H,1-4,13H2,(H,17,18). The van der Waals surface area contributed by atoms with E-state index in [9.17, 15) is 4.79 Å².